The van der Waals surface area contributed by atoms with E-state index in [0.29, 0.717) is 5.69 Å². The number of carbonyl (C=O) groups excluding carboxylic acids is 2. The zero-order valence-electron chi connectivity index (χ0n) is 24.8. The summed E-state index contributed by atoms with van der Waals surface area (Å²) >= 11 is 0. The average Bonchev–Trinajstić information content (AvgIpc) is 3.03. The summed E-state index contributed by atoms with van der Waals surface area (Å²) in [5.41, 5.74) is 1.03. The summed E-state index contributed by atoms with van der Waals surface area (Å²) in [7, 11) is -2.22. The lowest BCUT2D eigenvalue weighted by Crippen LogP contribution is -2.50. The predicted octanol–water partition coefficient (Wildman–Crippen LogP) is 5.02. The molecule has 0 bridgehead atoms. The molecular weight excluding hydrogens is 580 g/mol. The Morgan fingerprint density at radius 1 is 1.05 bits per heavy atom. The van der Waals surface area contributed by atoms with Gasteiger partial charge in [0, 0.05) is 30.6 Å². The molecule has 0 saturated heterocycles. The number of rotatable bonds is 8. The molecule has 3 N–H and O–H groups in total. The number of nitrogens with one attached hydrogen (secondary N) is 2. The number of benzene rings is 4. The van der Waals surface area contributed by atoms with Crippen LogP contribution in [0.2, 0.25) is 0 Å². The summed E-state index contributed by atoms with van der Waals surface area (Å²) in [6.07, 6.45) is -0.523. The minimum absolute atomic E-state index is 0.0866. The first kappa shape index (κ1) is 30.8. The molecule has 0 fully saturated rings. The Bertz CT molecular complexity index is 1760. The molecule has 3 amide bonds. The smallest absolute Gasteiger partial charge is 0.321 e. The molecule has 10 nitrogen and oxygen atoms in total. The van der Waals surface area contributed by atoms with Gasteiger partial charge in [0.1, 0.15) is 11.9 Å². The van der Waals surface area contributed by atoms with Crippen molar-refractivity contribution in [3.8, 4) is 5.75 Å². The summed E-state index contributed by atoms with van der Waals surface area (Å²) in [4.78, 5) is 30.2. The number of ether oxygens (including phenoxy) is 1. The van der Waals surface area contributed by atoms with Gasteiger partial charge in [0.25, 0.3) is 15.9 Å². The van der Waals surface area contributed by atoms with Crippen molar-refractivity contribution < 1.29 is 27.9 Å². The molecule has 11 heteroatoms. The minimum atomic E-state index is -3.90. The number of urea groups is 1. The average molecular weight is 617 g/mol. The largest absolute Gasteiger partial charge is 0.487 e. The normalized spacial score (nSPS) is 17.5. The molecule has 3 atom stereocenters. The zero-order valence-corrected chi connectivity index (χ0v) is 25.6. The number of hydrogen-bond donors (Lipinski definition) is 3. The van der Waals surface area contributed by atoms with E-state index in [9.17, 15) is 23.1 Å². The van der Waals surface area contributed by atoms with Gasteiger partial charge in [0.15, 0.2) is 0 Å². The Morgan fingerprint density at radius 2 is 1.75 bits per heavy atom. The molecule has 0 aromatic heterocycles. The quantitative estimate of drug-likeness (QED) is 0.255. The number of aliphatic hydroxyl groups excluding tert-OH is 1. The topological polar surface area (TPSA) is 128 Å². The van der Waals surface area contributed by atoms with Crippen molar-refractivity contribution in [2.45, 2.75) is 30.9 Å². The lowest BCUT2D eigenvalue weighted by molar-refractivity contribution is 0.0371. The van der Waals surface area contributed by atoms with Crippen molar-refractivity contribution in [2.24, 2.45) is 5.92 Å². The van der Waals surface area contributed by atoms with Gasteiger partial charge in [-0.1, -0.05) is 61.5 Å². The number of amides is 3. The van der Waals surface area contributed by atoms with Gasteiger partial charge in [-0.2, -0.15) is 0 Å². The molecular formula is C33H36N4O6S. The van der Waals surface area contributed by atoms with Crippen LogP contribution in [0.3, 0.4) is 0 Å². The van der Waals surface area contributed by atoms with E-state index in [1.165, 1.54) is 29.2 Å². The highest BCUT2D eigenvalue weighted by Gasteiger charge is 2.34. The second kappa shape index (κ2) is 12.9. The summed E-state index contributed by atoms with van der Waals surface area (Å²) in [5, 5.41) is 14.9. The van der Waals surface area contributed by atoms with E-state index in [0.717, 1.165) is 10.8 Å². The number of anilines is 2. The highest BCUT2D eigenvalue weighted by atomic mass is 32.2. The molecule has 44 heavy (non-hydrogen) atoms. The van der Waals surface area contributed by atoms with E-state index < -0.39 is 28.1 Å². The number of nitrogens with zero attached hydrogens (tertiary/aromatic N) is 2. The van der Waals surface area contributed by atoms with Crippen LogP contribution < -0.4 is 14.8 Å². The molecule has 0 radical (unpaired) electrons. The van der Waals surface area contributed by atoms with Crippen LogP contribution in [0.4, 0.5) is 16.2 Å². The summed E-state index contributed by atoms with van der Waals surface area (Å²) in [6.45, 7) is 3.87. The number of carbonyl (C=O) groups is 2. The Hall–Kier alpha value is -4.61. The Morgan fingerprint density at radius 3 is 2.50 bits per heavy atom. The van der Waals surface area contributed by atoms with Crippen molar-refractivity contribution in [1.29, 1.82) is 0 Å². The van der Waals surface area contributed by atoms with Crippen LogP contribution in [0, 0.1) is 5.92 Å². The van der Waals surface area contributed by atoms with E-state index in [2.05, 4.69) is 10.0 Å². The molecule has 4 aromatic carbocycles. The van der Waals surface area contributed by atoms with E-state index in [4.69, 9.17) is 4.74 Å². The Kier molecular flexibility index (Phi) is 9.07. The maximum atomic E-state index is 13.8. The van der Waals surface area contributed by atoms with Crippen molar-refractivity contribution >= 4 is 44.1 Å². The van der Waals surface area contributed by atoms with Crippen LogP contribution >= 0.6 is 0 Å². The molecule has 1 aliphatic rings. The number of hydrogen-bond acceptors (Lipinski definition) is 6. The first-order valence-electron chi connectivity index (χ1n) is 14.4. The van der Waals surface area contributed by atoms with E-state index >= 15 is 0 Å². The van der Waals surface area contributed by atoms with Crippen LogP contribution in [0.1, 0.15) is 24.2 Å². The van der Waals surface area contributed by atoms with Crippen LogP contribution in [0.5, 0.6) is 5.75 Å². The minimum Gasteiger partial charge on any atom is -0.487 e. The fourth-order valence-electron chi connectivity index (χ4n) is 5.22. The van der Waals surface area contributed by atoms with Crippen LogP contribution in [0.25, 0.3) is 10.8 Å². The number of likely N-dealkylation sites (N-methyl/N-ethyl adjacent to an activating group) is 1. The fourth-order valence-corrected chi connectivity index (χ4v) is 6.29. The highest BCUT2D eigenvalue weighted by molar-refractivity contribution is 7.92. The number of fused-ring (bicyclic) bond motifs is 2. The molecule has 1 aliphatic heterocycles. The van der Waals surface area contributed by atoms with E-state index in [1.807, 2.05) is 49.4 Å². The second-order valence-corrected chi connectivity index (χ2v) is 12.8. The third-order valence-electron chi connectivity index (χ3n) is 7.80. The third kappa shape index (κ3) is 6.63. The van der Waals surface area contributed by atoms with Crippen molar-refractivity contribution in [3.63, 3.8) is 0 Å². The molecule has 0 saturated carbocycles. The highest BCUT2D eigenvalue weighted by Crippen LogP contribution is 2.32. The number of aliphatic hydroxyl groups is 1. The standard InChI is InChI=1S/C33H36N4O6S/c1-22-19-37(23(2)21-38)32(39)28-18-25(35-44(41,42)26-12-5-4-6-13-26)16-17-30(28)43-31(22)20-36(3)33(40)34-29-15-9-11-24-10-7-8-14-27(24)29/h4-18,22-23,31,35,38H,19-21H2,1-3H3,(H,34,40)/t22-,23+,31+/m1/s1. The molecule has 4 aromatic rings. The van der Waals surface area contributed by atoms with E-state index in [1.54, 1.807) is 43.1 Å². The summed E-state index contributed by atoms with van der Waals surface area (Å²) in [6, 6.07) is 25.1. The maximum Gasteiger partial charge on any atom is 0.321 e. The lowest BCUT2D eigenvalue weighted by atomic mass is 9.99. The lowest BCUT2D eigenvalue weighted by Gasteiger charge is -2.38. The van der Waals surface area contributed by atoms with Gasteiger partial charge >= 0.3 is 6.03 Å². The van der Waals surface area contributed by atoms with Crippen LogP contribution in [0.15, 0.2) is 95.9 Å². The maximum absolute atomic E-state index is 13.8. The second-order valence-electron chi connectivity index (χ2n) is 11.1. The molecule has 0 aliphatic carbocycles. The molecule has 0 spiro atoms. The van der Waals surface area contributed by atoms with Gasteiger partial charge in [0.05, 0.1) is 35.3 Å². The molecule has 230 valence electrons. The van der Waals surface area contributed by atoms with Gasteiger partial charge in [0.2, 0.25) is 0 Å². The van der Waals surface area contributed by atoms with Crippen molar-refractivity contribution in [1.82, 2.24) is 9.80 Å². The number of sulfonamides is 1. The van der Waals surface area contributed by atoms with Gasteiger partial charge in [-0.15, -0.1) is 0 Å². The predicted molar refractivity (Wildman–Crippen MR) is 170 cm³/mol. The van der Waals surface area contributed by atoms with Crippen LogP contribution in [-0.2, 0) is 10.0 Å². The summed E-state index contributed by atoms with van der Waals surface area (Å²) < 4.78 is 34.8. The first-order valence-corrected chi connectivity index (χ1v) is 15.9. The van der Waals surface area contributed by atoms with Crippen molar-refractivity contribution in [3.05, 3.63) is 96.6 Å². The van der Waals surface area contributed by atoms with Crippen LogP contribution in [-0.4, -0.2) is 74.2 Å². The molecule has 5 rings (SSSR count). The van der Waals surface area contributed by atoms with Crippen molar-refractivity contribution in [2.75, 3.05) is 36.8 Å². The third-order valence-corrected chi connectivity index (χ3v) is 9.20. The van der Waals surface area contributed by atoms with Gasteiger partial charge in [-0.05, 0) is 48.7 Å². The molecule has 1 heterocycles. The van der Waals surface area contributed by atoms with Gasteiger partial charge in [-0.25, -0.2) is 13.2 Å². The summed E-state index contributed by atoms with van der Waals surface area (Å²) in [5.74, 6) is -0.355. The Labute approximate surface area is 257 Å². The molecule has 0 unspecified atom stereocenters. The van der Waals surface area contributed by atoms with Gasteiger partial charge < -0.3 is 25.0 Å². The van der Waals surface area contributed by atoms with E-state index in [-0.39, 0.29) is 53.5 Å². The first-order chi connectivity index (χ1) is 21.1. The zero-order chi connectivity index (χ0) is 31.4. The fraction of sp³-hybridized carbons (Fsp3) is 0.273. The van der Waals surface area contributed by atoms with Gasteiger partial charge in [-0.3, -0.25) is 9.52 Å². The Balaban J connectivity index is 1.40. The monoisotopic (exact) mass is 616 g/mol. The SMILES string of the molecule is C[C@@H]1CN([C@@H](C)CO)C(=O)c2cc(NS(=O)(=O)c3ccccc3)ccc2O[C@H]1CN(C)C(=O)Nc1cccc2ccccc12.